The van der Waals surface area contributed by atoms with Crippen LogP contribution in [-0.2, 0) is 4.79 Å². The maximum atomic E-state index is 11.1. The Labute approximate surface area is 73.7 Å². The lowest BCUT2D eigenvalue weighted by Gasteiger charge is -2.11. The number of carbonyl (C=O) groups is 1. The number of carbonyl (C=O) groups excluding carboxylic acids is 1. The Hall–Kier alpha value is -0.570. The molecule has 12 heavy (non-hydrogen) atoms. The highest BCUT2D eigenvalue weighted by Crippen LogP contribution is 2.24. The third kappa shape index (κ3) is 2.81. The second-order valence-corrected chi connectivity index (χ2v) is 3.72. The van der Waals surface area contributed by atoms with Crippen molar-refractivity contribution >= 4 is 5.91 Å². The van der Waals surface area contributed by atoms with Crippen molar-refractivity contribution in [3.63, 3.8) is 0 Å². The first-order valence-corrected chi connectivity index (χ1v) is 4.71. The molecule has 1 fully saturated rings. The Morgan fingerprint density at radius 3 is 2.83 bits per heavy atom. The fourth-order valence-corrected chi connectivity index (χ4v) is 1.77. The molecule has 1 rings (SSSR count). The molecule has 0 aliphatic heterocycles. The fourth-order valence-electron chi connectivity index (χ4n) is 1.77. The first-order chi connectivity index (χ1) is 5.72. The van der Waals surface area contributed by atoms with Gasteiger partial charge in [0.1, 0.15) is 0 Å². The van der Waals surface area contributed by atoms with Crippen molar-refractivity contribution < 1.29 is 4.79 Å². The van der Waals surface area contributed by atoms with E-state index >= 15 is 0 Å². The Kier molecular flexibility index (Phi) is 3.53. The molecule has 2 atom stereocenters. The van der Waals surface area contributed by atoms with Gasteiger partial charge in [0.25, 0.3) is 0 Å². The molecule has 0 spiro atoms. The third-order valence-electron chi connectivity index (χ3n) is 2.43. The van der Waals surface area contributed by atoms with Crippen LogP contribution in [-0.4, -0.2) is 18.5 Å². The summed E-state index contributed by atoms with van der Waals surface area (Å²) in [7, 11) is 0. The van der Waals surface area contributed by atoms with Crippen molar-refractivity contribution in [2.24, 2.45) is 11.7 Å². The summed E-state index contributed by atoms with van der Waals surface area (Å²) in [5, 5.41) is 2.99. The van der Waals surface area contributed by atoms with Crippen LogP contribution >= 0.6 is 0 Å². The molecule has 3 N–H and O–H groups in total. The summed E-state index contributed by atoms with van der Waals surface area (Å²) in [6.07, 6.45) is 3.98. The van der Waals surface area contributed by atoms with Crippen LogP contribution in [0.3, 0.4) is 0 Å². The van der Waals surface area contributed by atoms with E-state index in [1.807, 2.05) is 0 Å². The number of rotatable bonds is 3. The van der Waals surface area contributed by atoms with Crippen LogP contribution in [0.2, 0.25) is 0 Å². The lowest BCUT2D eigenvalue weighted by Crippen LogP contribution is -2.33. The van der Waals surface area contributed by atoms with Gasteiger partial charge in [-0.05, 0) is 25.2 Å². The van der Waals surface area contributed by atoms with E-state index in [0.29, 0.717) is 19.0 Å². The lowest BCUT2D eigenvalue weighted by atomic mass is 10.1. The summed E-state index contributed by atoms with van der Waals surface area (Å²) in [6.45, 7) is 2.68. The van der Waals surface area contributed by atoms with E-state index in [-0.39, 0.29) is 5.91 Å². The standard InChI is InChI=1S/C9H18N2O/c1-7-2-3-8(6-7)11-9(12)4-5-10/h7-8H,2-6,10H2,1H3,(H,11,12). The normalized spacial score (nSPS) is 28.8. The number of nitrogens with two attached hydrogens (primary N) is 1. The number of hydrogen-bond acceptors (Lipinski definition) is 2. The highest BCUT2D eigenvalue weighted by Gasteiger charge is 2.21. The van der Waals surface area contributed by atoms with Crippen molar-refractivity contribution in [2.75, 3.05) is 6.54 Å². The van der Waals surface area contributed by atoms with E-state index in [2.05, 4.69) is 12.2 Å². The molecule has 1 amide bonds. The molecule has 1 aliphatic carbocycles. The van der Waals surface area contributed by atoms with Gasteiger partial charge in [-0.15, -0.1) is 0 Å². The van der Waals surface area contributed by atoms with Crippen LogP contribution in [0.4, 0.5) is 0 Å². The number of nitrogens with one attached hydrogen (secondary N) is 1. The Balaban J connectivity index is 2.18. The maximum Gasteiger partial charge on any atom is 0.221 e. The summed E-state index contributed by atoms with van der Waals surface area (Å²) in [4.78, 5) is 11.1. The Morgan fingerprint density at radius 1 is 1.58 bits per heavy atom. The zero-order valence-electron chi connectivity index (χ0n) is 7.68. The molecular weight excluding hydrogens is 152 g/mol. The zero-order chi connectivity index (χ0) is 8.97. The first kappa shape index (κ1) is 9.52. The summed E-state index contributed by atoms with van der Waals surface area (Å²) >= 11 is 0. The minimum atomic E-state index is 0.108. The summed E-state index contributed by atoms with van der Waals surface area (Å²) < 4.78 is 0. The second kappa shape index (κ2) is 4.45. The van der Waals surface area contributed by atoms with Gasteiger partial charge in [-0.3, -0.25) is 4.79 Å². The molecule has 0 radical (unpaired) electrons. The van der Waals surface area contributed by atoms with E-state index in [1.165, 1.54) is 6.42 Å². The molecule has 2 unspecified atom stereocenters. The summed E-state index contributed by atoms with van der Waals surface area (Å²) in [5.41, 5.74) is 5.27. The number of amides is 1. The van der Waals surface area contributed by atoms with Gasteiger partial charge in [-0.25, -0.2) is 0 Å². The molecule has 0 bridgehead atoms. The van der Waals surface area contributed by atoms with Crippen LogP contribution in [0, 0.1) is 5.92 Å². The molecule has 0 aromatic heterocycles. The minimum absolute atomic E-state index is 0.108. The topological polar surface area (TPSA) is 55.1 Å². The number of hydrogen-bond donors (Lipinski definition) is 2. The van der Waals surface area contributed by atoms with Crippen LogP contribution in [0.25, 0.3) is 0 Å². The monoisotopic (exact) mass is 170 g/mol. The lowest BCUT2D eigenvalue weighted by molar-refractivity contribution is -0.121. The highest BCUT2D eigenvalue weighted by molar-refractivity contribution is 5.76. The van der Waals surface area contributed by atoms with Crippen LogP contribution in [0.15, 0.2) is 0 Å². The van der Waals surface area contributed by atoms with Gasteiger partial charge in [-0.2, -0.15) is 0 Å². The zero-order valence-corrected chi connectivity index (χ0v) is 7.68. The van der Waals surface area contributed by atoms with Crippen molar-refractivity contribution in [3.8, 4) is 0 Å². The van der Waals surface area contributed by atoms with E-state index < -0.39 is 0 Å². The molecule has 70 valence electrons. The van der Waals surface area contributed by atoms with Crippen molar-refractivity contribution in [1.82, 2.24) is 5.32 Å². The molecular formula is C9H18N2O. The first-order valence-electron chi connectivity index (χ1n) is 4.71. The third-order valence-corrected chi connectivity index (χ3v) is 2.43. The van der Waals surface area contributed by atoms with Gasteiger partial charge in [0.2, 0.25) is 5.91 Å². The highest BCUT2D eigenvalue weighted by atomic mass is 16.1. The van der Waals surface area contributed by atoms with Crippen molar-refractivity contribution in [2.45, 2.75) is 38.6 Å². The fraction of sp³-hybridized carbons (Fsp3) is 0.889. The van der Waals surface area contributed by atoms with E-state index in [1.54, 1.807) is 0 Å². The van der Waals surface area contributed by atoms with Crippen LogP contribution < -0.4 is 11.1 Å². The molecule has 3 heteroatoms. The largest absolute Gasteiger partial charge is 0.353 e. The molecule has 0 heterocycles. The Morgan fingerprint density at radius 2 is 2.33 bits per heavy atom. The molecule has 0 aromatic carbocycles. The van der Waals surface area contributed by atoms with E-state index in [9.17, 15) is 4.79 Å². The smallest absolute Gasteiger partial charge is 0.221 e. The van der Waals surface area contributed by atoms with Gasteiger partial charge in [0, 0.05) is 19.0 Å². The van der Waals surface area contributed by atoms with Gasteiger partial charge in [0.05, 0.1) is 0 Å². The van der Waals surface area contributed by atoms with Gasteiger partial charge < -0.3 is 11.1 Å². The van der Waals surface area contributed by atoms with E-state index in [0.717, 1.165) is 18.8 Å². The van der Waals surface area contributed by atoms with Gasteiger partial charge >= 0.3 is 0 Å². The molecule has 0 saturated heterocycles. The minimum Gasteiger partial charge on any atom is -0.353 e. The molecule has 0 aromatic rings. The van der Waals surface area contributed by atoms with Crippen LogP contribution in [0.1, 0.15) is 32.6 Å². The predicted molar refractivity (Wildman–Crippen MR) is 48.6 cm³/mol. The second-order valence-electron chi connectivity index (χ2n) is 3.72. The molecule has 1 saturated carbocycles. The quantitative estimate of drug-likeness (QED) is 0.653. The summed E-state index contributed by atoms with van der Waals surface area (Å²) in [6, 6.07) is 0.416. The SMILES string of the molecule is CC1CCC(NC(=O)CCN)C1. The van der Waals surface area contributed by atoms with Crippen molar-refractivity contribution in [1.29, 1.82) is 0 Å². The predicted octanol–water partition coefficient (Wildman–Crippen LogP) is 0.640. The molecule has 1 aliphatic rings. The van der Waals surface area contributed by atoms with Gasteiger partial charge in [0.15, 0.2) is 0 Å². The molecule has 3 nitrogen and oxygen atoms in total. The van der Waals surface area contributed by atoms with Crippen LogP contribution in [0.5, 0.6) is 0 Å². The summed E-state index contributed by atoms with van der Waals surface area (Å²) in [5.74, 6) is 0.879. The van der Waals surface area contributed by atoms with E-state index in [4.69, 9.17) is 5.73 Å². The van der Waals surface area contributed by atoms with Gasteiger partial charge in [-0.1, -0.05) is 6.92 Å². The Bertz CT molecular complexity index is 159. The maximum absolute atomic E-state index is 11.1. The average Bonchev–Trinajstić information content (AvgIpc) is 2.36. The van der Waals surface area contributed by atoms with Crippen molar-refractivity contribution in [3.05, 3.63) is 0 Å². The average molecular weight is 170 g/mol.